The van der Waals surface area contributed by atoms with E-state index >= 15 is 4.39 Å². The second kappa shape index (κ2) is 8.57. The normalized spacial score (nSPS) is 21.7. The van der Waals surface area contributed by atoms with Crippen LogP contribution in [-0.4, -0.2) is 4.98 Å². The third kappa shape index (κ3) is 3.87. The second-order valence-corrected chi connectivity index (χ2v) is 11.6. The van der Waals surface area contributed by atoms with Gasteiger partial charge in [0.2, 0.25) is 0 Å². The summed E-state index contributed by atoms with van der Waals surface area (Å²) in [6.07, 6.45) is 10.3. The first-order valence-electron chi connectivity index (χ1n) is 12.9. The SMILES string of the molecule is Fc1cc(-c2ccccc2)cc2c1sc1cc(-c3cc(CC4CC5CCC4CC5)ccn3)ccc12. The van der Waals surface area contributed by atoms with Crippen LogP contribution < -0.4 is 0 Å². The average Bonchev–Trinajstić information content (AvgIpc) is 3.29. The van der Waals surface area contributed by atoms with Crippen LogP contribution in [-0.2, 0) is 6.42 Å². The van der Waals surface area contributed by atoms with Crippen LogP contribution in [0.25, 0.3) is 42.6 Å². The molecular weight excluding hydrogens is 449 g/mol. The maximum absolute atomic E-state index is 15.1. The van der Waals surface area contributed by atoms with Gasteiger partial charge in [-0.3, -0.25) is 4.98 Å². The Morgan fingerprint density at radius 1 is 0.800 bits per heavy atom. The molecule has 3 fully saturated rings. The number of aromatic nitrogens is 1. The van der Waals surface area contributed by atoms with Crippen LogP contribution in [0, 0.1) is 23.6 Å². The Morgan fingerprint density at radius 2 is 1.66 bits per heavy atom. The highest BCUT2D eigenvalue weighted by Gasteiger charge is 2.35. The van der Waals surface area contributed by atoms with Crippen molar-refractivity contribution in [3.05, 3.63) is 90.4 Å². The Bertz CT molecular complexity index is 1530. The zero-order valence-electron chi connectivity index (χ0n) is 19.7. The smallest absolute Gasteiger partial charge is 0.141 e. The van der Waals surface area contributed by atoms with Crippen molar-refractivity contribution < 1.29 is 4.39 Å². The largest absolute Gasteiger partial charge is 0.256 e. The van der Waals surface area contributed by atoms with Gasteiger partial charge in [-0.2, -0.15) is 0 Å². The molecule has 1 unspecified atom stereocenters. The van der Waals surface area contributed by atoms with Crippen molar-refractivity contribution in [2.24, 2.45) is 17.8 Å². The number of hydrogen-bond acceptors (Lipinski definition) is 2. The van der Waals surface area contributed by atoms with Gasteiger partial charge in [-0.05, 0) is 90.5 Å². The molecule has 3 saturated carbocycles. The van der Waals surface area contributed by atoms with Crippen molar-refractivity contribution >= 4 is 31.5 Å². The molecule has 5 aromatic rings. The molecule has 174 valence electrons. The maximum Gasteiger partial charge on any atom is 0.141 e. The molecule has 0 saturated heterocycles. The number of halogens is 1. The zero-order valence-corrected chi connectivity index (χ0v) is 20.5. The molecule has 1 atom stereocenters. The van der Waals surface area contributed by atoms with Gasteiger partial charge in [0.25, 0.3) is 0 Å². The Kier molecular flexibility index (Phi) is 5.20. The molecule has 1 nitrogen and oxygen atoms in total. The van der Waals surface area contributed by atoms with Crippen LogP contribution >= 0.6 is 11.3 Å². The van der Waals surface area contributed by atoms with Gasteiger partial charge >= 0.3 is 0 Å². The van der Waals surface area contributed by atoms with E-state index in [-0.39, 0.29) is 5.82 Å². The maximum atomic E-state index is 15.1. The second-order valence-electron chi connectivity index (χ2n) is 10.5. The van der Waals surface area contributed by atoms with E-state index in [0.717, 1.165) is 60.3 Å². The third-order valence-electron chi connectivity index (χ3n) is 8.45. The van der Waals surface area contributed by atoms with Gasteiger partial charge < -0.3 is 0 Å². The van der Waals surface area contributed by atoms with Crippen molar-refractivity contribution in [2.45, 2.75) is 38.5 Å². The molecule has 0 radical (unpaired) electrons. The third-order valence-corrected chi connectivity index (χ3v) is 9.62. The summed E-state index contributed by atoms with van der Waals surface area (Å²) in [6, 6.07) is 24.8. The Labute approximate surface area is 209 Å². The molecule has 0 spiro atoms. The highest BCUT2D eigenvalue weighted by molar-refractivity contribution is 7.25. The average molecular weight is 478 g/mol. The van der Waals surface area contributed by atoms with Crippen LogP contribution in [0.15, 0.2) is 79.0 Å². The summed E-state index contributed by atoms with van der Waals surface area (Å²) < 4.78 is 17.0. The summed E-state index contributed by atoms with van der Waals surface area (Å²) in [5, 5.41) is 2.10. The number of fused-ring (bicyclic) bond motifs is 6. The first kappa shape index (κ1) is 21.3. The van der Waals surface area contributed by atoms with Gasteiger partial charge in [-0.1, -0.05) is 55.3 Å². The molecule has 8 rings (SSSR count). The number of hydrogen-bond donors (Lipinski definition) is 0. The number of nitrogens with zero attached hydrogens (tertiary/aromatic N) is 1. The number of pyridine rings is 1. The predicted molar refractivity (Wildman–Crippen MR) is 145 cm³/mol. The first-order chi connectivity index (χ1) is 17.2. The van der Waals surface area contributed by atoms with Crippen molar-refractivity contribution in [1.82, 2.24) is 4.98 Å². The highest BCUT2D eigenvalue weighted by atomic mass is 32.1. The monoisotopic (exact) mass is 477 g/mol. The van der Waals surface area contributed by atoms with Crippen LogP contribution in [0.3, 0.4) is 0 Å². The van der Waals surface area contributed by atoms with E-state index in [1.807, 2.05) is 36.5 Å². The van der Waals surface area contributed by atoms with Gasteiger partial charge in [0.05, 0.1) is 10.4 Å². The number of benzene rings is 3. The molecular formula is C32H28FNS. The Hall–Kier alpha value is -3.04. The minimum absolute atomic E-state index is 0.147. The van der Waals surface area contributed by atoms with Crippen molar-refractivity contribution in [3.8, 4) is 22.4 Å². The summed E-state index contributed by atoms with van der Waals surface area (Å²) >= 11 is 1.54. The van der Waals surface area contributed by atoms with E-state index < -0.39 is 0 Å². The van der Waals surface area contributed by atoms with Gasteiger partial charge in [0, 0.05) is 27.2 Å². The summed E-state index contributed by atoms with van der Waals surface area (Å²) in [5.74, 6) is 2.57. The van der Waals surface area contributed by atoms with Crippen LogP contribution in [0.5, 0.6) is 0 Å². The van der Waals surface area contributed by atoms with Gasteiger partial charge in [0.1, 0.15) is 5.82 Å². The molecule has 3 aromatic carbocycles. The number of rotatable bonds is 4. The van der Waals surface area contributed by atoms with Crippen LogP contribution in [0.2, 0.25) is 0 Å². The van der Waals surface area contributed by atoms with Crippen molar-refractivity contribution in [3.63, 3.8) is 0 Å². The molecule has 0 N–H and O–H groups in total. The van der Waals surface area contributed by atoms with Gasteiger partial charge in [-0.15, -0.1) is 11.3 Å². The quantitative estimate of drug-likeness (QED) is 0.251. The minimum Gasteiger partial charge on any atom is -0.256 e. The molecule has 3 aliphatic carbocycles. The molecule has 35 heavy (non-hydrogen) atoms. The lowest BCUT2D eigenvalue weighted by atomic mass is 9.63. The van der Waals surface area contributed by atoms with E-state index in [1.54, 1.807) is 6.07 Å². The summed E-state index contributed by atoms with van der Waals surface area (Å²) in [7, 11) is 0. The van der Waals surface area contributed by atoms with E-state index in [1.165, 1.54) is 55.4 Å². The lowest BCUT2D eigenvalue weighted by Crippen LogP contribution is -2.32. The van der Waals surface area contributed by atoms with Crippen molar-refractivity contribution in [2.75, 3.05) is 0 Å². The fourth-order valence-corrected chi connectivity index (χ4v) is 7.75. The fourth-order valence-electron chi connectivity index (χ4n) is 6.62. The minimum atomic E-state index is -0.147. The molecule has 2 bridgehead atoms. The summed E-state index contributed by atoms with van der Waals surface area (Å²) in [4.78, 5) is 4.71. The predicted octanol–water partition coefficient (Wildman–Crippen LogP) is 9.29. The summed E-state index contributed by atoms with van der Waals surface area (Å²) in [6.45, 7) is 0. The fraction of sp³-hybridized carbons (Fsp3) is 0.281. The van der Waals surface area contributed by atoms with E-state index in [2.05, 4.69) is 36.4 Å². The summed E-state index contributed by atoms with van der Waals surface area (Å²) in [5.41, 5.74) is 5.50. The van der Waals surface area contributed by atoms with Crippen LogP contribution in [0.1, 0.15) is 37.7 Å². The topological polar surface area (TPSA) is 12.9 Å². The van der Waals surface area contributed by atoms with E-state index in [0.29, 0.717) is 0 Å². The van der Waals surface area contributed by atoms with E-state index in [9.17, 15) is 0 Å². The highest BCUT2D eigenvalue weighted by Crippen LogP contribution is 2.46. The Morgan fingerprint density at radius 3 is 2.46 bits per heavy atom. The van der Waals surface area contributed by atoms with Gasteiger partial charge in [-0.25, -0.2) is 4.39 Å². The lowest BCUT2D eigenvalue weighted by molar-refractivity contribution is 0.0991. The first-order valence-corrected chi connectivity index (χ1v) is 13.7. The van der Waals surface area contributed by atoms with Crippen molar-refractivity contribution in [1.29, 1.82) is 0 Å². The molecule has 0 aliphatic heterocycles. The zero-order chi connectivity index (χ0) is 23.4. The molecule has 2 aromatic heterocycles. The molecule has 0 amide bonds. The lowest BCUT2D eigenvalue weighted by Gasteiger charge is -2.42. The standard InChI is InChI=1S/C32H28FNS/c33-29-18-26(22-4-2-1-3-5-22)17-28-27-11-10-24(19-31(27)35-32(28)29)30-16-21(12-13-34-30)15-25-14-20-6-8-23(25)9-7-20/h1-5,10-13,16-20,23,25H,6-9,14-15H2. The van der Waals surface area contributed by atoms with E-state index in [4.69, 9.17) is 4.98 Å². The van der Waals surface area contributed by atoms with Gasteiger partial charge in [0.15, 0.2) is 0 Å². The Balaban J connectivity index is 1.23. The molecule has 3 aliphatic rings. The number of thiophene rings is 1. The molecule has 3 heteroatoms. The van der Waals surface area contributed by atoms with Crippen LogP contribution in [0.4, 0.5) is 4.39 Å². The molecule has 2 heterocycles.